The van der Waals surface area contributed by atoms with Crippen LogP contribution in [0.4, 0.5) is 9.18 Å². The third-order valence-electron chi connectivity index (χ3n) is 3.59. The molecule has 0 unspecified atom stereocenters. The lowest BCUT2D eigenvalue weighted by molar-refractivity contribution is 0.187. The Morgan fingerprint density at radius 1 is 1.38 bits per heavy atom. The van der Waals surface area contributed by atoms with Crippen LogP contribution in [-0.4, -0.2) is 27.3 Å². The number of urea groups is 1. The van der Waals surface area contributed by atoms with Crippen molar-refractivity contribution in [1.29, 1.82) is 0 Å². The molecule has 0 atom stereocenters. The number of hydrogen-bond acceptors (Lipinski definition) is 2. The van der Waals surface area contributed by atoms with Crippen LogP contribution in [0.1, 0.15) is 31.9 Å². The summed E-state index contributed by atoms with van der Waals surface area (Å²) in [7, 11) is 0. The fraction of sp³-hybridized carbons (Fsp3) is 0.444. The molecule has 5 nitrogen and oxygen atoms in total. The fourth-order valence-electron chi connectivity index (χ4n) is 2.48. The molecule has 1 aromatic carbocycles. The van der Waals surface area contributed by atoms with E-state index in [0.29, 0.717) is 25.6 Å². The Labute approximate surface area is 142 Å². The van der Waals surface area contributed by atoms with Crippen LogP contribution in [0.5, 0.6) is 0 Å². The summed E-state index contributed by atoms with van der Waals surface area (Å²) < 4.78 is 15.1. The molecule has 130 valence electrons. The zero-order chi connectivity index (χ0) is 17.5. The van der Waals surface area contributed by atoms with E-state index in [2.05, 4.69) is 24.3 Å². The first-order chi connectivity index (χ1) is 11.5. The van der Waals surface area contributed by atoms with Crippen molar-refractivity contribution in [2.75, 3.05) is 6.54 Å². The van der Waals surface area contributed by atoms with E-state index in [4.69, 9.17) is 0 Å². The van der Waals surface area contributed by atoms with E-state index >= 15 is 0 Å². The van der Waals surface area contributed by atoms with E-state index in [1.54, 1.807) is 23.2 Å². The van der Waals surface area contributed by atoms with Crippen molar-refractivity contribution in [2.45, 2.75) is 40.4 Å². The minimum absolute atomic E-state index is 0.155. The molecule has 1 aromatic heterocycles. The first-order valence-electron chi connectivity index (χ1n) is 8.26. The number of aryl methyl sites for hydroxylation is 1. The molecule has 0 saturated heterocycles. The first-order valence-corrected chi connectivity index (χ1v) is 8.26. The zero-order valence-corrected chi connectivity index (χ0v) is 14.5. The highest BCUT2D eigenvalue weighted by Crippen LogP contribution is 2.09. The molecular formula is C18H25FN4O. The van der Waals surface area contributed by atoms with E-state index in [1.165, 1.54) is 12.1 Å². The lowest BCUT2D eigenvalue weighted by Crippen LogP contribution is -2.41. The number of aromatic nitrogens is 2. The van der Waals surface area contributed by atoms with Gasteiger partial charge in [-0.25, -0.2) is 9.18 Å². The molecule has 0 aliphatic carbocycles. The third-order valence-corrected chi connectivity index (χ3v) is 3.59. The molecular weight excluding hydrogens is 307 g/mol. The summed E-state index contributed by atoms with van der Waals surface area (Å²) in [6.07, 6.45) is 3.74. The summed E-state index contributed by atoms with van der Waals surface area (Å²) in [5.74, 6) is 0.0545. The molecule has 2 amide bonds. The van der Waals surface area contributed by atoms with Crippen molar-refractivity contribution in [2.24, 2.45) is 5.92 Å². The number of hydrogen-bond donors (Lipinski definition) is 1. The lowest BCUT2D eigenvalue weighted by Gasteiger charge is -2.24. The van der Waals surface area contributed by atoms with Crippen LogP contribution in [0, 0.1) is 11.7 Å². The highest BCUT2D eigenvalue weighted by Gasteiger charge is 2.16. The molecule has 0 radical (unpaired) electrons. The fourth-order valence-corrected chi connectivity index (χ4v) is 2.48. The Morgan fingerprint density at radius 2 is 2.17 bits per heavy atom. The summed E-state index contributed by atoms with van der Waals surface area (Å²) in [6, 6.07) is 6.10. The topological polar surface area (TPSA) is 50.2 Å². The van der Waals surface area contributed by atoms with Crippen LogP contribution in [-0.2, 0) is 19.6 Å². The molecule has 0 aliphatic rings. The van der Waals surface area contributed by atoms with Gasteiger partial charge < -0.3 is 10.2 Å². The zero-order valence-electron chi connectivity index (χ0n) is 14.5. The Kier molecular flexibility index (Phi) is 6.35. The van der Waals surface area contributed by atoms with Crippen molar-refractivity contribution in [3.05, 3.63) is 53.6 Å². The van der Waals surface area contributed by atoms with Crippen LogP contribution >= 0.6 is 0 Å². The van der Waals surface area contributed by atoms with Gasteiger partial charge in [0, 0.05) is 31.4 Å². The normalized spacial score (nSPS) is 10.9. The maximum atomic E-state index is 13.2. The van der Waals surface area contributed by atoms with Gasteiger partial charge in [0.15, 0.2) is 0 Å². The van der Waals surface area contributed by atoms with Crippen molar-refractivity contribution < 1.29 is 9.18 Å². The van der Waals surface area contributed by atoms with E-state index in [-0.39, 0.29) is 11.8 Å². The van der Waals surface area contributed by atoms with Gasteiger partial charge in [-0.1, -0.05) is 26.0 Å². The number of nitrogens with one attached hydrogen (secondary N) is 1. The maximum Gasteiger partial charge on any atom is 0.317 e. The molecule has 0 fully saturated rings. The smallest absolute Gasteiger partial charge is 0.317 e. The molecule has 0 saturated carbocycles. The second kappa shape index (κ2) is 8.47. The predicted molar refractivity (Wildman–Crippen MR) is 91.8 cm³/mol. The lowest BCUT2D eigenvalue weighted by atomic mass is 10.2. The quantitative estimate of drug-likeness (QED) is 0.845. The average Bonchev–Trinajstić information content (AvgIpc) is 2.99. The first kappa shape index (κ1) is 18.0. The number of rotatable bonds is 7. The van der Waals surface area contributed by atoms with Gasteiger partial charge in [0.1, 0.15) is 5.82 Å². The van der Waals surface area contributed by atoms with E-state index < -0.39 is 0 Å². The van der Waals surface area contributed by atoms with Crippen LogP contribution < -0.4 is 5.32 Å². The highest BCUT2D eigenvalue weighted by atomic mass is 19.1. The number of carbonyl (C=O) groups is 1. The number of halogens is 1. The van der Waals surface area contributed by atoms with E-state index in [1.807, 2.05) is 17.8 Å². The van der Waals surface area contributed by atoms with E-state index in [0.717, 1.165) is 17.7 Å². The van der Waals surface area contributed by atoms with Gasteiger partial charge in [0.05, 0.1) is 12.7 Å². The van der Waals surface area contributed by atoms with Crippen molar-refractivity contribution in [3.8, 4) is 0 Å². The SMILES string of the molecule is CCn1cc(CN(CC(C)C)C(=O)NCc2cccc(F)c2)cn1. The number of benzene rings is 1. The van der Waals surface area contributed by atoms with Crippen molar-refractivity contribution >= 4 is 6.03 Å². The monoisotopic (exact) mass is 332 g/mol. The van der Waals surface area contributed by atoms with Crippen molar-refractivity contribution in [3.63, 3.8) is 0 Å². The number of carbonyl (C=O) groups excluding carboxylic acids is 1. The molecule has 1 heterocycles. The summed E-state index contributed by atoms with van der Waals surface area (Å²) in [4.78, 5) is 14.3. The van der Waals surface area contributed by atoms with Crippen molar-refractivity contribution in [1.82, 2.24) is 20.0 Å². The highest BCUT2D eigenvalue weighted by molar-refractivity contribution is 5.74. The largest absolute Gasteiger partial charge is 0.334 e. The molecule has 2 rings (SSSR count). The van der Waals surface area contributed by atoms with Crippen LogP contribution in [0.25, 0.3) is 0 Å². The van der Waals surface area contributed by atoms with Crippen LogP contribution in [0.15, 0.2) is 36.7 Å². The molecule has 0 spiro atoms. The van der Waals surface area contributed by atoms with Crippen LogP contribution in [0.2, 0.25) is 0 Å². The second-order valence-electron chi connectivity index (χ2n) is 6.27. The van der Waals surface area contributed by atoms with Gasteiger partial charge in [-0.15, -0.1) is 0 Å². The van der Waals surface area contributed by atoms with Gasteiger partial charge in [0.25, 0.3) is 0 Å². The average molecular weight is 332 g/mol. The Hall–Kier alpha value is -2.37. The van der Waals surface area contributed by atoms with Gasteiger partial charge in [-0.2, -0.15) is 5.10 Å². The van der Waals surface area contributed by atoms with Gasteiger partial charge in [-0.05, 0) is 30.5 Å². The summed E-state index contributed by atoms with van der Waals surface area (Å²) >= 11 is 0. The summed E-state index contributed by atoms with van der Waals surface area (Å²) in [6.45, 7) is 8.42. The Balaban J connectivity index is 1.99. The second-order valence-corrected chi connectivity index (χ2v) is 6.27. The minimum atomic E-state index is -0.298. The standard InChI is InChI=1S/C18H25FN4O/c1-4-23-13-16(10-21-23)12-22(11-14(2)3)18(24)20-9-15-6-5-7-17(19)8-15/h5-8,10,13-14H,4,9,11-12H2,1-3H3,(H,20,24). The van der Waals surface area contributed by atoms with Crippen LogP contribution in [0.3, 0.4) is 0 Å². The number of nitrogens with zero attached hydrogens (tertiary/aromatic N) is 3. The van der Waals surface area contributed by atoms with Gasteiger partial charge in [0.2, 0.25) is 0 Å². The van der Waals surface area contributed by atoms with Gasteiger partial charge in [-0.3, -0.25) is 4.68 Å². The molecule has 6 heteroatoms. The minimum Gasteiger partial charge on any atom is -0.334 e. The molecule has 24 heavy (non-hydrogen) atoms. The summed E-state index contributed by atoms with van der Waals surface area (Å²) in [5, 5.41) is 7.11. The Morgan fingerprint density at radius 3 is 2.79 bits per heavy atom. The molecule has 0 aliphatic heterocycles. The maximum absolute atomic E-state index is 13.2. The third kappa shape index (κ3) is 5.37. The summed E-state index contributed by atoms with van der Waals surface area (Å²) in [5.41, 5.74) is 1.74. The molecule has 1 N–H and O–H groups in total. The molecule has 0 bridgehead atoms. The predicted octanol–water partition coefficient (Wildman–Crippen LogP) is 3.41. The molecule has 2 aromatic rings. The van der Waals surface area contributed by atoms with Gasteiger partial charge >= 0.3 is 6.03 Å². The number of amides is 2. The van der Waals surface area contributed by atoms with E-state index in [9.17, 15) is 9.18 Å². The Bertz CT molecular complexity index is 669.